The molecule has 1 fully saturated rings. The summed E-state index contributed by atoms with van der Waals surface area (Å²) in [5, 5.41) is 2.47. The molecular formula is C17H30N2O2. The van der Waals surface area contributed by atoms with E-state index in [0.29, 0.717) is 5.57 Å². The van der Waals surface area contributed by atoms with Crippen LogP contribution in [0.2, 0.25) is 0 Å². The van der Waals surface area contributed by atoms with E-state index in [1.54, 1.807) is 20.0 Å². The van der Waals surface area contributed by atoms with Crippen LogP contribution in [-0.4, -0.2) is 43.3 Å². The fourth-order valence-corrected chi connectivity index (χ4v) is 2.15. The molecule has 1 rings (SSSR count). The van der Waals surface area contributed by atoms with Crippen molar-refractivity contribution < 1.29 is 9.59 Å². The van der Waals surface area contributed by atoms with Gasteiger partial charge in [-0.2, -0.15) is 0 Å². The van der Waals surface area contributed by atoms with Gasteiger partial charge in [-0.25, -0.2) is 0 Å². The number of ketones is 1. The first-order valence-corrected chi connectivity index (χ1v) is 7.84. The lowest BCUT2D eigenvalue weighted by Gasteiger charge is -2.25. The monoisotopic (exact) mass is 294 g/mol. The molecule has 0 atom stereocenters. The molecule has 0 spiro atoms. The van der Waals surface area contributed by atoms with Crippen molar-refractivity contribution in [3.8, 4) is 0 Å². The molecule has 120 valence electrons. The van der Waals surface area contributed by atoms with Crippen molar-refractivity contribution in [1.82, 2.24) is 10.2 Å². The van der Waals surface area contributed by atoms with Crippen molar-refractivity contribution in [2.45, 2.75) is 46.5 Å². The molecule has 1 saturated heterocycles. The van der Waals surface area contributed by atoms with Crippen molar-refractivity contribution in [1.29, 1.82) is 0 Å². The van der Waals surface area contributed by atoms with Crippen molar-refractivity contribution in [3.63, 3.8) is 0 Å². The van der Waals surface area contributed by atoms with Crippen LogP contribution in [0.3, 0.4) is 0 Å². The third-order valence-electron chi connectivity index (χ3n) is 3.29. The molecule has 1 aliphatic rings. The van der Waals surface area contributed by atoms with Crippen molar-refractivity contribution in [2.75, 3.05) is 26.7 Å². The molecule has 1 amide bonds. The van der Waals surface area contributed by atoms with Crippen LogP contribution in [-0.2, 0) is 9.59 Å². The number of piperidine rings is 1. The highest BCUT2D eigenvalue weighted by atomic mass is 16.1. The third-order valence-corrected chi connectivity index (χ3v) is 3.29. The molecule has 0 saturated carbocycles. The Bertz CT molecular complexity index is 364. The quantitative estimate of drug-likeness (QED) is 0.626. The first kappa shape index (κ1) is 19.6. The molecule has 0 aromatic rings. The normalized spacial score (nSPS) is 16.3. The largest absolute Gasteiger partial charge is 0.355 e. The van der Waals surface area contributed by atoms with E-state index < -0.39 is 0 Å². The number of carbonyl (C=O) groups excluding carboxylic acids is 2. The minimum absolute atomic E-state index is 0.0711. The number of hydrogen-bond donors (Lipinski definition) is 1. The van der Waals surface area contributed by atoms with Crippen LogP contribution in [0.1, 0.15) is 46.5 Å². The summed E-state index contributed by atoms with van der Waals surface area (Å²) in [4.78, 5) is 24.1. The molecule has 0 aromatic heterocycles. The maximum Gasteiger partial charge on any atom is 0.250 e. The van der Waals surface area contributed by atoms with Gasteiger partial charge in [0.25, 0.3) is 5.91 Å². The van der Waals surface area contributed by atoms with Gasteiger partial charge in [0.2, 0.25) is 0 Å². The second-order valence-corrected chi connectivity index (χ2v) is 5.17. The van der Waals surface area contributed by atoms with Crippen LogP contribution in [0.15, 0.2) is 23.8 Å². The third kappa shape index (κ3) is 10.0. The van der Waals surface area contributed by atoms with E-state index >= 15 is 0 Å². The predicted octanol–water partition coefficient (Wildman–Crippen LogP) is 2.71. The van der Waals surface area contributed by atoms with E-state index in [0.717, 1.165) is 0 Å². The Morgan fingerprint density at radius 3 is 2.19 bits per heavy atom. The van der Waals surface area contributed by atoms with Crippen molar-refractivity contribution in [2.24, 2.45) is 0 Å². The van der Waals surface area contributed by atoms with Gasteiger partial charge in [-0.3, -0.25) is 9.59 Å². The molecule has 0 radical (unpaired) electrons. The Balaban J connectivity index is 0.000000394. The molecule has 0 aromatic carbocycles. The SMILES string of the molecule is C/C=C(\C=C/C(C)=O)C(=O)NC.CCCN1CCCCC1. The Morgan fingerprint density at radius 2 is 1.76 bits per heavy atom. The van der Waals surface area contributed by atoms with Gasteiger partial charge in [0.15, 0.2) is 5.78 Å². The number of allylic oxidation sites excluding steroid dienone is 2. The zero-order valence-corrected chi connectivity index (χ0v) is 13.9. The number of hydrogen-bond acceptors (Lipinski definition) is 3. The van der Waals surface area contributed by atoms with Gasteiger partial charge in [-0.15, -0.1) is 0 Å². The van der Waals surface area contributed by atoms with Gasteiger partial charge in [0.05, 0.1) is 0 Å². The summed E-state index contributed by atoms with van der Waals surface area (Å²) in [6.07, 6.45) is 10.2. The van der Waals surface area contributed by atoms with E-state index in [-0.39, 0.29) is 11.7 Å². The molecule has 1 heterocycles. The number of rotatable bonds is 5. The number of amides is 1. The highest BCUT2D eigenvalue weighted by molar-refractivity contribution is 5.98. The van der Waals surface area contributed by atoms with Gasteiger partial charge >= 0.3 is 0 Å². The number of likely N-dealkylation sites (tertiary alicyclic amines) is 1. The summed E-state index contributed by atoms with van der Waals surface area (Å²) in [7, 11) is 1.55. The van der Waals surface area contributed by atoms with Crippen molar-refractivity contribution in [3.05, 3.63) is 23.8 Å². The summed E-state index contributed by atoms with van der Waals surface area (Å²) < 4.78 is 0. The maximum atomic E-state index is 11.0. The zero-order valence-electron chi connectivity index (χ0n) is 13.9. The van der Waals surface area contributed by atoms with Gasteiger partial charge in [-0.05, 0) is 64.9 Å². The summed E-state index contributed by atoms with van der Waals surface area (Å²) in [5.41, 5.74) is 0.493. The first-order valence-electron chi connectivity index (χ1n) is 7.84. The van der Waals surface area contributed by atoms with Crippen LogP contribution in [0.25, 0.3) is 0 Å². The second kappa shape index (κ2) is 12.3. The number of likely N-dealkylation sites (N-methyl/N-ethyl adjacent to an activating group) is 1. The van der Waals surface area contributed by atoms with E-state index in [9.17, 15) is 9.59 Å². The standard InChI is InChI=1S/C9H13NO2.C8H17N/c1-4-8(9(12)10-3)6-5-7(2)11;1-2-6-9-7-4-3-5-8-9/h4-6H,1-3H3,(H,10,12);2-8H2,1H3/b6-5-,8-4+;. The Morgan fingerprint density at radius 1 is 1.14 bits per heavy atom. The van der Waals surface area contributed by atoms with Crippen molar-refractivity contribution >= 4 is 11.7 Å². The minimum atomic E-state index is -0.185. The van der Waals surface area contributed by atoms with Crippen LogP contribution in [0.4, 0.5) is 0 Å². The Labute approximate surface area is 129 Å². The number of carbonyl (C=O) groups is 2. The highest BCUT2D eigenvalue weighted by Gasteiger charge is 2.07. The summed E-state index contributed by atoms with van der Waals surface area (Å²) in [6.45, 7) is 9.47. The topological polar surface area (TPSA) is 49.4 Å². The van der Waals surface area contributed by atoms with E-state index in [2.05, 4.69) is 17.1 Å². The molecule has 1 aliphatic heterocycles. The van der Waals surface area contributed by atoms with Crippen LogP contribution in [0, 0.1) is 0 Å². The molecule has 0 aliphatic carbocycles. The minimum Gasteiger partial charge on any atom is -0.355 e. The van der Waals surface area contributed by atoms with Gasteiger partial charge in [0.1, 0.15) is 0 Å². The summed E-state index contributed by atoms with van der Waals surface area (Å²) in [6, 6.07) is 0. The lowest BCUT2D eigenvalue weighted by atomic mass is 10.1. The lowest BCUT2D eigenvalue weighted by molar-refractivity contribution is -0.116. The first-order chi connectivity index (χ1) is 10.0. The van der Waals surface area contributed by atoms with Crippen LogP contribution >= 0.6 is 0 Å². The van der Waals surface area contributed by atoms with E-state index in [1.807, 2.05) is 0 Å². The van der Waals surface area contributed by atoms with Gasteiger partial charge in [-0.1, -0.05) is 19.4 Å². The smallest absolute Gasteiger partial charge is 0.250 e. The molecule has 1 N–H and O–H groups in total. The summed E-state index contributed by atoms with van der Waals surface area (Å²) >= 11 is 0. The second-order valence-electron chi connectivity index (χ2n) is 5.17. The van der Waals surface area contributed by atoms with Gasteiger partial charge < -0.3 is 10.2 Å². The predicted molar refractivity (Wildman–Crippen MR) is 88.2 cm³/mol. The zero-order chi connectivity index (χ0) is 16.1. The van der Waals surface area contributed by atoms with Crippen LogP contribution in [0.5, 0.6) is 0 Å². The van der Waals surface area contributed by atoms with E-state index in [1.165, 1.54) is 64.4 Å². The summed E-state index contributed by atoms with van der Waals surface area (Å²) in [5.74, 6) is -0.256. The lowest BCUT2D eigenvalue weighted by Crippen LogP contribution is -2.30. The fourth-order valence-electron chi connectivity index (χ4n) is 2.15. The average Bonchev–Trinajstić information content (AvgIpc) is 2.49. The van der Waals surface area contributed by atoms with Gasteiger partial charge in [0, 0.05) is 12.6 Å². The molecule has 4 nitrogen and oxygen atoms in total. The van der Waals surface area contributed by atoms with Crippen LogP contribution < -0.4 is 5.32 Å². The molecule has 0 bridgehead atoms. The molecule has 4 heteroatoms. The molecule has 0 unspecified atom stereocenters. The number of nitrogens with zero attached hydrogens (tertiary/aromatic N) is 1. The maximum absolute atomic E-state index is 11.0. The fraction of sp³-hybridized carbons (Fsp3) is 0.647. The highest BCUT2D eigenvalue weighted by Crippen LogP contribution is 2.07. The van der Waals surface area contributed by atoms with E-state index in [4.69, 9.17) is 0 Å². The Kier molecular flexibility index (Phi) is 11.5. The molecular weight excluding hydrogens is 264 g/mol. The Hall–Kier alpha value is -1.42. The number of nitrogens with one attached hydrogen (secondary N) is 1. The molecule has 21 heavy (non-hydrogen) atoms. The average molecular weight is 294 g/mol.